The summed E-state index contributed by atoms with van der Waals surface area (Å²) in [7, 11) is 0. The summed E-state index contributed by atoms with van der Waals surface area (Å²) >= 11 is 3.35. The number of nitrogens with zero attached hydrogens (tertiary/aromatic N) is 1. The molecule has 11 heavy (non-hydrogen) atoms. The van der Waals surface area contributed by atoms with E-state index in [2.05, 4.69) is 22.5 Å². The minimum absolute atomic E-state index is 0.322. The van der Waals surface area contributed by atoms with Crippen molar-refractivity contribution < 1.29 is 4.84 Å². The highest BCUT2D eigenvalue weighted by molar-refractivity contribution is 9.11. The van der Waals surface area contributed by atoms with Crippen LogP contribution in [0.25, 0.3) is 0 Å². The number of allylic oxidation sites excluding steroid dienone is 2. The zero-order valence-electron chi connectivity index (χ0n) is 6.17. The van der Waals surface area contributed by atoms with Gasteiger partial charge in [-0.05, 0) is 40.6 Å². The number of fused-ring (bicyclic) bond motifs is 1. The van der Waals surface area contributed by atoms with Crippen LogP contribution in [0.5, 0.6) is 0 Å². The molecule has 0 aliphatic carbocycles. The molecule has 0 N–H and O–H groups in total. The highest BCUT2D eigenvalue weighted by atomic mass is 79.9. The Morgan fingerprint density at radius 1 is 1.82 bits per heavy atom. The second-order valence-electron chi connectivity index (χ2n) is 2.74. The van der Waals surface area contributed by atoms with Crippen LogP contribution in [0.2, 0.25) is 0 Å². The van der Waals surface area contributed by atoms with Crippen LogP contribution in [0.1, 0.15) is 6.92 Å². The molecule has 58 valence electrons. The summed E-state index contributed by atoms with van der Waals surface area (Å²) in [5.41, 5.74) is 0.682. The first-order chi connectivity index (χ1) is 5.15. The number of rotatable bonds is 1. The molecule has 0 amide bonds. The van der Waals surface area contributed by atoms with E-state index < -0.39 is 0 Å². The maximum atomic E-state index is 5.34. The standard InChI is InChI=1S/C8H8BrNO/c1-6(2)8-4-3-7(9)5-10(8)11-8/h3-5H,1H2,2H3. The topological polar surface area (TPSA) is 15.5 Å². The molecule has 0 aromatic heterocycles. The average Bonchev–Trinajstić information content (AvgIpc) is 2.62. The highest BCUT2D eigenvalue weighted by Gasteiger charge is 2.53. The Bertz CT molecular complexity index is 282. The summed E-state index contributed by atoms with van der Waals surface area (Å²) in [6.45, 7) is 5.81. The summed E-state index contributed by atoms with van der Waals surface area (Å²) in [6.07, 6.45) is 5.85. The Balaban J connectivity index is 2.30. The smallest absolute Gasteiger partial charge is 0.230 e. The van der Waals surface area contributed by atoms with Gasteiger partial charge in [0.05, 0.1) is 0 Å². The Morgan fingerprint density at radius 2 is 2.55 bits per heavy atom. The van der Waals surface area contributed by atoms with Gasteiger partial charge in [0, 0.05) is 10.7 Å². The van der Waals surface area contributed by atoms with E-state index in [1.54, 1.807) is 5.06 Å². The van der Waals surface area contributed by atoms with Crippen molar-refractivity contribution in [1.29, 1.82) is 0 Å². The van der Waals surface area contributed by atoms with Crippen LogP contribution in [0.4, 0.5) is 0 Å². The van der Waals surface area contributed by atoms with Crippen molar-refractivity contribution in [3.8, 4) is 0 Å². The SMILES string of the molecule is C=C(C)C12C=CC(Br)=CN1O2. The zero-order chi connectivity index (χ0) is 8.06. The van der Waals surface area contributed by atoms with Gasteiger partial charge in [0.1, 0.15) is 0 Å². The van der Waals surface area contributed by atoms with E-state index in [0.29, 0.717) is 0 Å². The minimum atomic E-state index is -0.322. The fraction of sp³-hybridized carbons (Fsp3) is 0.250. The van der Waals surface area contributed by atoms with Crippen molar-refractivity contribution >= 4 is 15.9 Å². The van der Waals surface area contributed by atoms with Crippen molar-refractivity contribution in [2.45, 2.75) is 12.6 Å². The van der Waals surface area contributed by atoms with Crippen LogP contribution >= 0.6 is 15.9 Å². The van der Waals surface area contributed by atoms with E-state index in [-0.39, 0.29) is 5.72 Å². The van der Waals surface area contributed by atoms with Crippen molar-refractivity contribution in [1.82, 2.24) is 5.06 Å². The molecule has 1 saturated heterocycles. The summed E-state index contributed by atoms with van der Waals surface area (Å²) in [6, 6.07) is 0. The van der Waals surface area contributed by atoms with Gasteiger partial charge in [0.2, 0.25) is 5.72 Å². The lowest BCUT2D eigenvalue weighted by atomic mass is 10.1. The van der Waals surface area contributed by atoms with Gasteiger partial charge in [-0.2, -0.15) is 0 Å². The van der Waals surface area contributed by atoms with Gasteiger partial charge in [-0.1, -0.05) is 6.58 Å². The molecule has 3 heteroatoms. The van der Waals surface area contributed by atoms with E-state index in [0.717, 1.165) is 10.1 Å². The molecule has 1 unspecified atom stereocenters. The van der Waals surface area contributed by atoms with Crippen molar-refractivity contribution in [3.05, 3.63) is 35.0 Å². The monoisotopic (exact) mass is 213 g/mol. The van der Waals surface area contributed by atoms with Crippen LogP contribution < -0.4 is 0 Å². The first-order valence-electron chi connectivity index (χ1n) is 3.36. The number of hydrogen-bond donors (Lipinski definition) is 0. The molecular weight excluding hydrogens is 206 g/mol. The molecule has 1 atom stereocenters. The molecular formula is C8H8BrNO. The van der Waals surface area contributed by atoms with Crippen LogP contribution in [-0.4, -0.2) is 10.8 Å². The van der Waals surface area contributed by atoms with Crippen LogP contribution in [-0.2, 0) is 4.84 Å². The van der Waals surface area contributed by atoms with Gasteiger partial charge < -0.3 is 0 Å². The minimum Gasteiger partial charge on any atom is -0.231 e. The van der Waals surface area contributed by atoms with E-state index in [1.807, 2.05) is 25.3 Å². The van der Waals surface area contributed by atoms with E-state index in [9.17, 15) is 0 Å². The molecule has 2 rings (SSSR count). The molecule has 0 spiro atoms. The molecule has 0 radical (unpaired) electrons. The number of halogens is 1. The molecule has 0 bridgehead atoms. The molecule has 0 aromatic carbocycles. The summed E-state index contributed by atoms with van der Waals surface area (Å²) in [5, 5.41) is 1.78. The summed E-state index contributed by atoms with van der Waals surface area (Å²) in [4.78, 5) is 5.34. The van der Waals surface area contributed by atoms with E-state index in [1.165, 1.54) is 0 Å². The first kappa shape index (κ1) is 7.13. The van der Waals surface area contributed by atoms with Crippen molar-refractivity contribution in [2.75, 3.05) is 0 Å². The Morgan fingerprint density at radius 3 is 3.09 bits per heavy atom. The van der Waals surface area contributed by atoms with Gasteiger partial charge in [-0.3, -0.25) is 0 Å². The van der Waals surface area contributed by atoms with Gasteiger partial charge >= 0.3 is 0 Å². The normalized spacial score (nSPS) is 32.9. The van der Waals surface area contributed by atoms with Crippen molar-refractivity contribution in [3.63, 3.8) is 0 Å². The fourth-order valence-corrected chi connectivity index (χ4v) is 1.43. The molecule has 0 saturated carbocycles. The van der Waals surface area contributed by atoms with Gasteiger partial charge in [-0.15, -0.1) is 0 Å². The Kier molecular flexibility index (Phi) is 1.29. The maximum absolute atomic E-state index is 5.34. The molecule has 2 aliphatic heterocycles. The quantitative estimate of drug-likeness (QED) is 0.491. The Hall–Kier alpha value is -0.540. The summed E-state index contributed by atoms with van der Waals surface area (Å²) < 4.78 is 1.02. The van der Waals surface area contributed by atoms with E-state index >= 15 is 0 Å². The lowest BCUT2D eigenvalue weighted by Crippen LogP contribution is -2.15. The third kappa shape index (κ3) is 0.880. The third-order valence-electron chi connectivity index (χ3n) is 1.85. The largest absolute Gasteiger partial charge is 0.231 e. The molecule has 2 aliphatic rings. The third-order valence-corrected chi connectivity index (χ3v) is 2.32. The predicted octanol–water partition coefficient (Wildman–Crippen LogP) is 2.31. The zero-order valence-corrected chi connectivity index (χ0v) is 7.76. The Labute approximate surface area is 73.9 Å². The van der Waals surface area contributed by atoms with Crippen LogP contribution in [0.3, 0.4) is 0 Å². The molecule has 2 heterocycles. The fourth-order valence-electron chi connectivity index (χ4n) is 1.11. The molecule has 0 aromatic rings. The maximum Gasteiger partial charge on any atom is 0.230 e. The number of hydrogen-bond acceptors (Lipinski definition) is 2. The van der Waals surface area contributed by atoms with Crippen LogP contribution in [0, 0.1) is 0 Å². The average molecular weight is 214 g/mol. The van der Waals surface area contributed by atoms with Gasteiger partial charge in [0.25, 0.3) is 0 Å². The predicted molar refractivity (Wildman–Crippen MR) is 46.6 cm³/mol. The number of hydroxylamine groups is 2. The van der Waals surface area contributed by atoms with Gasteiger partial charge in [-0.25, -0.2) is 9.90 Å². The first-order valence-corrected chi connectivity index (χ1v) is 4.15. The van der Waals surface area contributed by atoms with Gasteiger partial charge in [0.15, 0.2) is 0 Å². The van der Waals surface area contributed by atoms with Crippen LogP contribution in [0.15, 0.2) is 35.0 Å². The molecule has 1 fully saturated rings. The van der Waals surface area contributed by atoms with Crippen molar-refractivity contribution in [2.24, 2.45) is 0 Å². The lowest BCUT2D eigenvalue weighted by Gasteiger charge is -2.07. The molecule has 2 nitrogen and oxygen atoms in total. The van der Waals surface area contributed by atoms with E-state index in [4.69, 9.17) is 4.84 Å². The summed E-state index contributed by atoms with van der Waals surface area (Å²) in [5.74, 6) is 0. The highest BCUT2D eigenvalue weighted by Crippen LogP contribution is 2.45. The second-order valence-corrected chi connectivity index (χ2v) is 3.66. The lowest BCUT2D eigenvalue weighted by molar-refractivity contribution is 0.251. The second kappa shape index (κ2) is 1.99.